The number of carbonyl (C=O) groups excluding carboxylic acids is 2. The average molecular weight is 349 g/mol. The fourth-order valence-electron chi connectivity index (χ4n) is 1.73. The number of ketones is 1. The van der Waals surface area contributed by atoms with E-state index in [1.807, 2.05) is 0 Å². The highest BCUT2D eigenvalue weighted by molar-refractivity contribution is 9.10. The van der Waals surface area contributed by atoms with Gasteiger partial charge in [-0.2, -0.15) is 0 Å². The molecule has 0 aliphatic heterocycles. The molecule has 1 N–H and O–H groups in total. The predicted octanol–water partition coefficient (Wildman–Crippen LogP) is 2.91. The second-order valence-corrected chi connectivity index (χ2v) is 5.27. The number of halogens is 1. The minimum Gasteiger partial charge on any atom is -0.455 e. The Balaban J connectivity index is 1.93. The fourth-order valence-corrected chi connectivity index (χ4v) is 2.13. The third kappa shape index (κ3) is 4.24. The number of benzene rings is 2. The highest BCUT2D eigenvalue weighted by atomic mass is 79.9. The summed E-state index contributed by atoms with van der Waals surface area (Å²) in [6.45, 7) is -0.404. The zero-order valence-corrected chi connectivity index (χ0v) is 12.6. The van der Waals surface area contributed by atoms with Crippen LogP contribution in [0.1, 0.15) is 22.0 Å². The van der Waals surface area contributed by atoms with E-state index in [4.69, 9.17) is 4.74 Å². The number of aliphatic hydroxyl groups is 1. The second kappa shape index (κ2) is 7.15. The van der Waals surface area contributed by atoms with Gasteiger partial charge < -0.3 is 9.84 Å². The molecule has 2 aromatic carbocycles. The van der Waals surface area contributed by atoms with E-state index in [-0.39, 0.29) is 5.78 Å². The number of hydrogen-bond donors (Lipinski definition) is 1. The fraction of sp³-hybridized carbons (Fsp3) is 0.125. The van der Waals surface area contributed by atoms with Gasteiger partial charge in [-0.15, -0.1) is 0 Å². The Hall–Kier alpha value is -1.98. The van der Waals surface area contributed by atoms with Gasteiger partial charge in [0.25, 0.3) is 0 Å². The molecule has 5 heteroatoms. The van der Waals surface area contributed by atoms with Crippen molar-refractivity contribution in [3.8, 4) is 0 Å². The molecule has 2 rings (SSSR count). The Morgan fingerprint density at radius 2 is 1.81 bits per heavy atom. The number of Topliss-reactive ketones (excluding diaryl/α,β-unsaturated/α-hetero) is 1. The number of aliphatic hydroxyl groups excluding tert-OH is 1. The number of ether oxygens (including phenoxy) is 1. The molecule has 0 aliphatic rings. The molecule has 2 aromatic rings. The van der Waals surface area contributed by atoms with Crippen molar-refractivity contribution in [3.63, 3.8) is 0 Å². The molecule has 1 atom stereocenters. The Morgan fingerprint density at radius 3 is 2.48 bits per heavy atom. The first-order chi connectivity index (χ1) is 10.1. The largest absolute Gasteiger partial charge is 0.455 e. The van der Waals surface area contributed by atoms with E-state index in [0.29, 0.717) is 11.1 Å². The lowest BCUT2D eigenvalue weighted by molar-refractivity contribution is -0.152. The van der Waals surface area contributed by atoms with E-state index < -0.39 is 18.7 Å². The van der Waals surface area contributed by atoms with Crippen LogP contribution < -0.4 is 0 Å². The van der Waals surface area contributed by atoms with Crippen LogP contribution in [0.25, 0.3) is 0 Å². The van der Waals surface area contributed by atoms with Crippen LogP contribution in [0, 0.1) is 0 Å². The van der Waals surface area contributed by atoms with Crippen LogP contribution in [0.4, 0.5) is 0 Å². The third-order valence-corrected chi connectivity index (χ3v) is 3.32. The number of hydrogen-bond acceptors (Lipinski definition) is 4. The Bertz CT molecular complexity index is 640. The summed E-state index contributed by atoms with van der Waals surface area (Å²) in [5.74, 6) is -1.17. The van der Waals surface area contributed by atoms with Gasteiger partial charge in [-0.1, -0.05) is 58.4 Å². The summed E-state index contributed by atoms with van der Waals surface area (Å²) in [6.07, 6.45) is -1.39. The Labute approximate surface area is 130 Å². The van der Waals surface area contributed by atoms with E-state index in [9.17, 15) is 14.7 Å². The molecule has 108 valence electrons. The van der Waals surface area contributed by atoms with Gasteiger partial charge in [0.1, 0.15) is 0 Å². The minimum atomic E-state index is -1.39. The maximum absolute atomic E-state index is 11.9. The van der Waals surface area contributed by atoms with Crippen molar-refractivity contribution in [2.24, 2.45) is 0 Å². The normalized spacial score (nSPS) is 11.7. The molecule has 21 heavy (non-hydrogen) atoms. The van der Waals surface area contributed by atoms with Gasteiger partial charge in [0, 0.05) is 10.0 Å². The van der Waals surface area contributed by atoms with Crippen LogP contribution in [-0.2, 0) is 9.53 Å². The summed E-state index contributed by atoms with van der Waals surface area (Å²) >= 11 is 3.26. The van der Waals surface area contributed by atoms with Crippen molar-refractivity contribution in [2.75, 3.05) is 6.61 Å². The van der Waals surface area contributed by atoms with Crippen LogP contribution >= 0.6 is 15.9 Å². The first-order valence-corrected chi connectivity index (χ1v) is 7.05. The summed E-state index contributed by atoms with van der Waals surface area (Å²) in [5, 5.41) is 9.82. The molecule has 0 fully saturated rings. The SMILES string of the molecule is O=C(COC(=O)C(O)c1ccccc1)c1cccc(Br)c1. The van der Waals surface area contributed by atoms with Gasteiger partial charge in [0.05, 0.1) is 0 Å². The molecule has 0 radical (unpaired) electrons. The Kier molecular flexibility index (Phi) is 5.25. The van der Waals surface area contributed by atoms with Crippen LogP contribution in [-0.4, -0.2) is 23.5 Å². The van der Waals surface area contributed by atoms with Crippen molar-refractivity contribution in [2.45, 2.75) is 6.10 Å². The van der Waals surface area contributed by atoms with Gasteiger partial charge in [-0.05, 0) is 17.7 Å². The molecule has 0 aromatic heterocycles. The average Bonchev–Trinajstić information content (AvgIpc) is 2.52. The number of esters is 1. The molecule has 1 unspecified atom stereocenters. The van der Waals surface area contributed by atoms with Crippen molar-refractivity contribution < 1.29 is 19.4 Å². The molecule has 0 spiro atoms. The van der Waals surface area contributed by atoms with Gasteiger partial charge in [-0.25, -0.2) is 4.79 Å². The van der Waals surface area contributed by atoms with E-state index in [0.717, 1.165) is 4.47 Å². The summed E-state index contributed by atoms with van der Waals surface area (Å²) in [6, 6.07) is 15.2. The Morgan fingerprint density at radius 1 is 1.10 bits per heavy atom. The second-order valence-electron chi connectivity index (χ2n) is 4.35. The summed E-state index contributed by atoms with van der Waals surface area (Å²) in [7, 11) is 0. The van der Waals surface area contributed by atoms with Gasteiger partial charge in [0.2, 0.25) is 0 Å². The molecule has 0 heterocycles. The van der Waals surface area contributed by atoms with Crippen molar-refractivity contribution in [3.05, 3.63) is 70.2 Å². The molecule has 4 nitrogen and oxygen atoms in total. The zero-order chi connectivity index (χ0) is 15.2. The molecule has 0 bridgehead atoms. The van der Waals surface area contributed by atoms with Crippen molar-refractivity contribution >= 4 is 27.7 Å². The van der Waals surface area contributed by atoms with Crippen molar-refractivity contribution in [1.82, 2.24) is 0 Å². The molecule has 0 aliphatic carbocycles. The van der Waals surface area contributed by atoms with Crippen molar-refractivity contribution in [1.29, 1.82) is 0 Å². The molecular weight excluding hydrogens is 336 g/mol. The summed E-state index contributed by atoms with van der Waals surface area (Å²) < 4.78 is 5.63. The smallest absolute Gasteiger partial charge is 0.340 e. The lowest BCUT2D eigenvalue weighted by Crippen LogP contribution is -2.20. The van der Waals surface area contributed by atoms with Gasteiger partial charge in [-0.3, -0.25) is 4.79 Å². The molecular formula is C16H13BrO4. The van der Waals surface area contributed by atoms with Gasteiger partial charge >= 0.3 is 5.97 Å². The van der Waals surface area contributed by atoms with E-state index >= 15 is 0 Å². The standard InChI is InChI=1S/C16H13BrO4/c17-13-8-4-7-12(9-13)14(18)10-21-16(20)15(19)11-5-2-1-3-6-11/h1-9,15,19H,10H2. The first-order valence-electron chi connectivity index (χ1n) is 6.26. The molecule has 0 saturated heterocycles. The van der Waals surface area contributed by atoms with Crippen LogP contribution in [0.3, 0.4) is 0 Å². The summed E-state index contributed by atoms with van der Waals surface area (Å²) in [4.78, 5) is 23.6. The predicted molar refractivity (Wildman–Crippen MR) is 80.8 cm³/mol. The number of carbonyl (C=O) groups is 2. The van der Waals surface area contributed by atoms with Crippen LogP contribution in [0.2, 0.25) is 0 Å². The monoisotopic (exact) mass is 348 g/mol. The lowest BCUT2D eigenvalue weighted by atomic mass is 10.1. The summed E-state index contributed by atoms with van der Waals surface area (Å²) in [5.41, 5.74) is 0.865. The third-order valence-electron chi connectivity index (χ3n) is 2.83. The zero-order valence-electron chi connectivity index (χ0n) is 11.0. The maximum Gasteiger partial charge on any atom is 0.340 e. The van der Waals surface area contributed by atoms with Gasteiger partial charge in [0.15, 0.2) is 18.5 Å². The first kappa shape index (κ1) is 15.4. The number of rotatable bonds is 5. The van der Waals surface area contributed by atoms with E-state index in [1.54, 1.807) is 54.6 Å². The lowest BCUT2D eigenvalue weighted by Gasteiger charge is -2.10. The minimum absolute atomic E-state index is 0.329. The van der Waals surface area contributed by atoms with E-state index in [2.05, 4.69) is 15.9 Å². The highest BCUT2D eigenvalue weighted by Crippen LogP contribution is 2.15. The van der Waals surface area contributed by atoms with E-state index in [1.165, 1.54) is 0 Å². The van der Waals surface area contributed by atoms with Crippen LogP contribution in [0.15, 0.2) is 59.1 Å². The quantitative estimate of drug-likeness (QED) is 0.666. The van der Waals surface area contributed by atoms with Crippen LogP contribution in [0.5, 0.6) is 0 Å². The molecule has 0 amide bonds. The maximum atomic E-state index is 11.9. The highest BCUT2D eigenvalue weighted by Gasteiger charge is 2.20. The topological polar surface area (TPSA) is 63.6 Å². The molecule has 0 saturated carbocycles.